The first kappa shape index (κ1) is 17.9. The van der Waals surface area contributed by atoms with Crippen molar-refractivity contribution in [2.75, 3.05) is 25.1 Å². The van der Waals surface area contributed by atoms with E-state index in [4.69, 9.17) is 4.52 Å². The third kappa shape index (κ3) is 5.62. The van der Waals surface area contributed by atoms with E-state index in [1.807, 2.05) is 18.0 Å². The van der Waals surface area contributed by atoms with Crippen LogP contribution in [-0.4, -0.2) is 55.5 Å². The SMILES string of the molecule is CCCc1cc(CNC(=O)CCN(C)[C@H]2CCS(=O)(=O)C2)on1. The van der Waals surface area contributed by atoms with Crippen molar-refractivity contribution in [3.8, 4) is 0 Å². The third-order valence-corrected chi connectivity index (χ3v) is 5.85. The second kappa shape index (κ2) is 7.92. The van der Waals surface area contributed by atoms with Gasteiger partial charge in [-0.1, -0.05) is 18.5 Å². The van der Waals surface area contributed by atoms with Crippen LogP contribution in [0.25, 0.3) is 0 Å². The van der Waals surface area contributed by atoms with Gasteiger partial charge in [-0.25, -0.2) is 8.42 Å². The molecular formula is C15H25N3O4S. The van der Waals surface area contributed by atoms with Crippen molar-refractivity contribution in [3.05, 3.63) is 17.5 Å². The lowest BCUT2D eigenvalue weighted by Crippen LogP contribution is -2.36. The number of carbonyl (C=O) groups is 1. The van der Waals surface area contributed by atoms with Crippen LogP contribution in [-0.2, 0) is 27.6 Å². The summed E-state index contributed by atoms with van der Waals surface area (Å²) in [6.45, 7) is 2.95. The molecular weight excluding hydrogens is 318 g/mol. The summed E-state index contributed by atoms with van der Waals surface area (Å²) in [7, 11) is -1.02. The van der Waals surface area contributed by atoms with Gasteiger partial charge in [0.1, 0.15) is 0 Å². The predicted molar refractivity (Wildman–Crippen MR) is 86.7 cm³/mol. The van der Waals surface area contributed by atoms with Crippen LogP contribution in [0.4, 0.5) is 0 Å². The van der Waals surface area contributed by atoms with E-state index in [-0.39, 0.29) is 23.5 Å². The second-order valence-corrected chi connectivity index (χ2v) is 8.33. The molecule has 2 heterocycles. The summed E-state index contributed by atoms with van der Waals surface area (Å²) in [4.78, 5) is 13.8. The molecule has 130 valence electrons. The largest absolute Gasteiger partial charge is 0.359 e. The van der Waals surface area contributed by atoms with Crippen molar-refractivity contribution in [1.82, 2.24) is 15.4 Å². The Morgan fingerprint density at radius 1 is 1.52 bits per heavy atom. The summed E-state index contributed by atoms with van der Waals surface area (Å²) in [6, 6.07) is 1.89. The van der Waals surface area contributed by atoms with Gasteiger partial charge in [0.05, 0.1) is 23.7 Å². The second-order valence-electron chi connectivity index (χ2n) is 6.10. The van der Waals surface area contributed by atoms with Crippen LogP contribution in [0.2, 0.25) is 0 Å². The minimum atomic E-state index is -2.89. The van der Waals surface area contributed by atoms with Gasteiger partial charge < -0.3 is 14.7 Å². The van der Waals surface area contributed by atoms with Crippen molar-refractivity contribution < 1.29 is 17.7 Å². The van der Waals surface area contributed by atoms with E-state index in [0.29, 0.717) is 31.7 Å². The summed E-state index contributed by atoms with van der Waals surface area (Å²) < 4.78 is 28.1. The molecule has 0 aliphatic carbocycles. The predicted octanol–water partition coefficient (Wildman–Crippen LogP) is 0.752. The number of aromatic nitrogens is 1. The van der Waals surface area contributed by atoms with Gasteiger partial charge in [0.15, 0.2) is 15.6 Å². The number of nitrogens with one attached hydrogen (secondary N) is 1. The number of rotatable bonds is 8. The maximum absolute atomic E-state index is 11.9. The van der Waals surface area contributed by atoms with Crippen molar-refractivity contribution in [1.29, 1.82) is 0 Å². The number of aryl methyl sites for hydroxylation is 1. The summed E-state index contributed by atoms with van der Waals surface area (Å²) in [5, 5.41) is 6.73. The Hall–Kier alpha value is -1.41. The fourth-order valence-corrected chi connectivity index (χ4v) is 4.48. The van der Waals surface area contributed by atoms with E-state index in [2.05, 4.69) is 17.4 Å². The fraction of sp³-hybridized carbons (Fsp3) is 0.733. The summed E-state index contributed by atoms with van der Waals surface area (Å²) in [6.07, 6.45) is 2.86. The van der Waals surface area contributed by atoms with Gasteiger partial charge in [0.25, 0.3) is 0 Å². The van der Waals surface area contributed by atoms with Gasteiger partial charge in [0, 0.05) is 25.1 Å². The van der Waals surface area contributed by atoms with Gasteiger partial charge in [-0.05, 0) is 19.9 Å². The van der Waals surface area contributed by atoms with E-state index in [1.54, 1.807) is 0 Å². The minimum Gasteiger partial charge on any atom is -0.359 e. The zero-order chi connectivity index (χ0) is 16.9. The highest BCUT2D eigenvalue weighted by atomic mass is 32.2. The molecule has 1 atom stereocenters. The van der Waals surface area contributed by atoms with Crippen LogP contribution < -0.4 is 5.32 Å². The molecule has 0 bridgehead atoms. The van der Waals surface area contributed by atoms with Crippen molar-refractivity contribution in [3.63, 3.8) is 0 Å². The molecule has 23 heavy (non-hydrogen) atoms. The van der Waals surface area contributed by atoms with E-state index in [9.17, 15) is 13.2 Å². The fourth-order valence-electron chi connectivity index (χ4n) is 2.67. The van der Waals surface area contributed by atoms with Gasteiger partial charge >= 0.3 is 0 Å². The van der Waals surface area contributed by atoms with Crippen LogP contribution in [0, 0.1) is 0 Å². The number of sulfone groups is 1. The average Bonchev–Trinajstić information content (AvgIpc) is 3.09. The molecule has 0 aromatic carbocycles. The Morgan fingerprint density at radius 3 is 2.96 bits per heavy atom. The highest BCUT2D eigenvalue weighted by Crippen LogP contribution is 2.16. The standard InChI is InChI=1S/C15H25N3O4S/c1-3-4-12-9-14(22-17-12)10-16-15(19)5-7-18(2)13-6-8-23(20,21)11-13/h9,13H,3-8,10-11H2,1-2H3,(H,16,19)/t13-/m0/s1. The molecule has 7 nitrogen and oxygen atoms in total. The van der Waals surface area contributed by atoms with Gasteiger partial charge in [-0.3, -0.25) is 4.79 Å². The zero-order valence-electron chi connectivity index (χ0n) is 13.7. The van der Waals surface area contributed by atoms with Crippen LogP contribution >= 0.6 is 0 Å². The number of nitrogens with zero attached hydrogens (tertiary/aromatic N) is 2. The first-order valence-electron chi connectivity index (χ1n) is 8.01. The van der Waals surface area contributed by atoms with Crippen molar-refractivity contribution >= 4 is 15.7 Å². The number of amides is 1. The lowest BCUT2D eigenvalue weighted by atomic mass is 10.2. The van der Waals surface area contributed by atoms with Gasteiger partial charge in [0.2, 0.25) is 5.91 Å². The summed E-state index contributed by atoms with van der Waals surface area (Å²) >= 11 is 0. The van der Waals surface area contributed by atoms with Crippen LogP contribution in [0.15, 0.2) is 10.6 Å². The van der Waals surface area contributed by atoms with Crippen LogP contribution in [0.5, 0.6) is 0 Å². The lowest BCUT2D eigenvalue weighted by molar-refractivity contribution is -0.121. The smallest absolute Gasteiger partial charge is 0.221 e. The summed E-state index contributed by atoms with van der Waals surface area (Å²) in [5.74, 6) is 1.02. The maximum Gasteiger partial charge on any atom is 0.221 e. The first-order valence-corrected chi connectivity index (χ1v) is 9.83. The normalized spacial score (nSPS) is 20.0. The van der Waals surface area contributed by atoms with Crippen molar-refractivity contribution in [2.45, 2.75) is 45.2 Å². The number of carbonyl (C=O) groups excluding carboxylic acids is 1. The molecule has 0 saturated carbocycles. The quantitative estimate of drug-likeness (QED) is 0.749. The first-order chi connectivity index (χ1) is 10.9. The highest BCUT2D eigenvalue weighted by Gasteiger charge is 2.30. The summed E-state index contributed by atoms with van der Waals surface area (Å²) in [5.41, 5.74) is 0.902. The highest BCUT2D eigenvalue weighted by molar-refractivity contribution is 7.91. The Labute approximate surface area is 137 Å². The number of hydrogen-bond donors (Lipinski definition) is 1. The molecule has 2 rings (SSSR count). The number of hydrogen-bond acceptors (Lipinski definition) is 6. The Bertz CT molecular complexity index is 626. The molecule has 1 N–H and O–H groups in total. The monoisotopic (exact) mass is 343 g/mol. The Balaban J connectivity index is 1.68. The minimum absolute atomic E-state index is 0.0266. The van der Waals surface area contributed by atoms with Crippen LogP contribution in [0.3, 0.4) is 0 Å². The Kier molecular flexibility index (Phi) is 6.17. The molecule has 1 aliphatic rings. The molecule has 1 fully saturated rings. The molecule has 0 spiro atoms. The molecule has 1 aliphatic heterocycles. The van der Waals surface area contributed by atoms with E-state index >= 15 is 0 Å². The molecule has 1 amide bonds. The van der Waals surface area contributed by atoms with Gasteiger partial charge in [-0.2, -0.15) is 0 Å². The van der Waals surface area contributed by atoms with Crippen LogP contribution in [0.1, 0.15) is 37.6 Å². The van der Waals surface area contributed by atoms with E-state index in [0.717, 1.165) is 18.5 Å². The topological polar surface area (TPSA) is 92.5 Å². The lowest BCUT2D eigenvalue weighted by Gasteiger charge is -2.22. The molecule has 0 radical (unpaired) electrons. The average molecular weight is 343 g/mol. The molecule has 1 aromatic rings. The van der Waals surface area contributed by atoms with E-state index in [1.165, 1.54) is 0 Å². The molecule has 0 unspecified atom stereocenters. The van der Waals surface area contributed by atoms with E-state index < -0.39 is 9.84 Å². The zero-order valence-corrected chi connectivity index (χ0v) is 14.6. The third-order valence-electron chi connectivity index (χ3n) is 4.10. The molecule has 1 saturated heterocycles. The maximum atomic E-state index is 11.9. The molecule has 1 aromatic heterocycles. The van der Waals surface area contributed by atoms with Crippen molar-refractivity contribution in [2.24, 2.45) is 0 Å². The molecule has 8 heteroatoms. The van der Waals surface area contributed by atoms with Gasteiger partial charge in [-0.15, -0.1) is 0 Å². The Morgan fingerprint density at radius 2 is 2.30 bits per heavy atom.